The number of benzene rings is 2. The molecule has 0 heterocycles. The molecule has 0 aromatic heterocycles. The summed E-state index contributed by atoms with van der Waals surface area (Å²) in [6.45, 7) is 0. The third kappa shape index (κ3) is 4.40. The van der Waals surface area contributed by atoms with E-state index in [1.165, 1.54) is 13.3 Å². The number of ether oxygens (including phenoxy) is 2. The lowest BCUT2D eigenvalue weighted by Gasteiger charge is -2.09. The minimum Gasteiger partial charge on any atom is -0.493 e. The van der Waals surface area contributed by atoms with Crippen LogP contribution >= 0.6 is 11.6 Å². The Morgan fingerprint density at radius 2 is 1.96 bits per heavy atom. The second-order valence-corrected chi connectivity index (χ2v) is 6.19. The van der Waals surface area contributed by atoms with Gasteiger partial charge >= 0.3 is 5.97 Å². The molecule has 0 bridgehead atoms. The number of amides is 1. The Kier molecular flexibility index (Phi) is 5.53. The predicted molar refractivity (Wildman–Crippen MR) is 97.9 cm³/mol. The Bertz CT molecular complexity index is 862. The van der Waals surface area contributed by atoms with Crippen LogP contribution < -0.4 is 14.9 Å². The summed E-state index contributed by atoms with van der Waals surface area (Å²) >= 11 is 5.97. The van der Waals surface area contributed by atoms with Crippen LogP contribution in [0.5, 0.6) is 11.5 Å². The van der Waals surface area contributed by atoms with Crippen molar-refractivity contribution in [3.63, 3.8) is 0 Å². The van der Waals surface area contributed by atoms with Crippen LogP contribution in [0.3, 0.4) is 0 Å². The van der Waals surface area contributed by atoms with Crippen molar-refractivity contribution in [2.45, 2.75) is 12.8 Å². The number of rotatable bonds is 6. The monoisotopic (exact) mass is 372 g/mol. The average Bonchev–Trinajstić information content (AvgIpc) is 3.48. The fraction of sp³-hybridized carbons (Fsp3) is 0.211. The molecule has 2 aromatic carbocycles. The maximum atomic E-state index is 12.0. The van der Waals surface area contributed by atoms with Crippen LogP contribution in [0, 0.1) is 5.92 Å². The summed E-state index contributed by atoms with van der Waals surface area (Å²) in [4.78, 5) is 23.8. The zero-order valence-electron chi connectivity index (χ0n) is 14.1. The van der Waals surface area contributed by atoms with E-state index in [1.807, 2.05) is 0 Å². The number of nitrogens with one attached hydrogen (secondary N) is 1. The Balaban J connectivity index is 1.65. The minimum absolute atomic E-state index is 0.000896. The number of hydrogen-bond donors (Lipinski definition) is 1. The Labute approximate surface area is 155 Å². The smallest absolute Gasteiger partial charge is 0.314 e. The van der Waals surface area contributed by atoms with E-state index < -0.39 is 5.91 Å². The molecule has 1 saturated carbocycles. The summed E-state index contributed by atoms with van der Waals surface area (Å²) in [5.41, 5.74) is 3.43. The first kappa shape index (κ1) is 17.9. The summed E-state index contributed by atoms with van der Waals surface area (Å²) in [7, 11) is 1.49. The number of nitrogens with zero attached hydrogens (tertiary/aromatic N) is 1. The fourth-order valence-corrected chi connectivity index (χ4v) is 2.45. The Morgan fingerprint density at radius 3 is 2.65 bits per heavy atom. The van der Waals surface area contributed by atoms with Crippen LogP contribution in [0.15, 0.2) is 47.6 Å². The zero-order valence-corrected chi connectivity index (χ0v) is 14.8. The quantitative estimate of drug-likeness (QED) is 0.365. The second kappa shape index (κ2) is 8.01. The van der Waals surface area contributed by atoms with Crippen molar-refractivity contribution in [3.05, 3.63) is 58.6 Å². The van der Waals surface area contributed by atoms with Crippen molar-refractivity contribution < 1.29 is 19.1 Å². The highest BCUT2D eigenvalue weighted by atomic mass is 35.5. The van der Waals surface area contributed by atoms with Crippen LogP contribution in [-0.2, 0) is 4.79 Å². The van der Waals surface area contributed by atoms with E-state index >= 15 is 0 Å². The first-order valence-corrected chi connectivity index (χ1v) is 8.44. The molecule has 6 nitrogen and oxygen atoms in total. The molecule has 3 rings (SSSR count). The zero-order chi connectivity index (χ0) is 18.5. The molecular formula is C19H17ClN2O4. The normalized spacial score (nSPS) is 13.5. The van der Waals surface area contributed by atoms with Gasteiger partial charge in [-0.3, -0.25) is 9.59 Å². The van der Waals surface area contributed by atoms with Gasteiger partial charge in [0.05, 0.1) is 29.8 Å². The summed E-state index contributed by atoms with van der Waals surface area (Å²) in [6.07, 6.45) is 3.21. The van der Waals surface area contributed by atoms with Gasteiger partial charge in [-0.2, -0.15) is 5.10 Å². The number of carbonyl (C=O) groups excluding carboxylic acids is 2. The number of esters is 1. The summed E-state index contributed by atoms with van der Waals surface area (Å²) < 4.78 is 10.6. The molecule has 0 aliphatic heterocycles. The molecule has 0 unspecified atom stereocenters. The Hall–Kier alpha value is -2.86. The summed E-state index contributed by atoms with van der Waals surface area (Å²) in [6, 6.07) is 11.7. The van der Waals surface area contributed by atoms with Gasteiger partial charge in [0.15, 0.2) is 11.5 Å². The third-order valence-corrected chi connectivity index (χ3v) is 4.14. The van der Waals surface area contributed by atoms with Gasteiger partial charge < -0.3 is 9.47 Å². The van der Waals surface area contributed by atoms with Crippen LogP contribution in [0.1, 0.15) is 28.8 Å². The predicted octanol–water partition coefficient (Wildman–Crippen LogP) is 3.43. The first-order valence-electron chi connectivity index (χ1n) is 8.06. The molecule has 0 spiro atoms. The molecule has 26 heavy (non-hydrogen) atoms. The minimum atomic E-state index is -0.409. The lowest BCUT2D eigenvalue weighted by molar-refractivity contribution is -0.135. The van der Waals surface area contributed by atoms with E-state index in [1.54, 1.807) is 42.5 Å². The molecule has 1 aliphatic rings. The first-order chi connectivity index (χ1) is 12.6. The lowest BCUT2D eigenvalue weighted by atomic mass is 10.2. The van der Waals surface area contributed by atoms with E-state index in [9.17, 15) is 9.59 Å². The van der Waals surface area contributed by atoms with Gasteiger partial charge in [0.2, 0.25) is 0 Å². The van der Waals surface area contributed by atoms with Gasteiger partial charge in [-0.05, 0) is 48.7 Å². The summed E-state index contributed by atoms with van der Waals surface area (Å²) in [5, 5.41) is 4.27. The van der Waals surface area contributed by atoms with Crippen LogP contribution in [0.4, 0.5) is 0 Å². The number of hydrogen-bond acceptors (Lipinski definition) is 5. The molecule has 1 fully saturated rings. The van der Waals surface area contributed by atoms with Gasteiger partial charge in [0.1, 0.15) is 0 Å². The third-order valence-electron chi connectivity index (χ3n) is 3.81. The Morgan fingerprint density at radius 1 is 1.19 bits per heavy atom. The number of methoxy groups -OCH3 is 1. The lowest BCUT2D eigenvalue weighted by Crippen LogP contribution is -2.17. The maximum Gasteiger partial charge on any atom is 0.314 e. The molecule has 134 valence electrons. The molecule has 0 atom stereocenters. The van der Waals surface area contributed by atoms with Crippen molar-refractivity contribution in [2.24, 2.45) is 11.0 Å². The van der Waals surface area contributed by atoms with Gasteiger partial charge in [-0.1, -0.05) is 23.7 Å². The molecule has 7 heteroatoms. The largest absolute Gasteiger partial charge is 0.493 e. The highest BCUT2D eigenvalue weighted by molar-refractivity contribution is 6.33. The highest BCUT2D eigenvalue weighted by Crippen LogP contribution is 2.34. The highest BCUT2D eigenvalue weighted by Gasteiger charge is 2.32. The van der Waals surface area contributed by atoms with Crippen LogP contribution in [-0.4, -0.2) is 25.2 Å². The molecule has 2 aromatic rings. The standard InChI is InChI=1S/C19H17ClN2O4/c1-25-17-10-12(6-9-16(17)26-19(24)13-7-8-13)11-21-22-18(23)14-4-2-3-5-15(14)20/h2-6,9-11,13H,7-8H2,1H3,(H,22,23)/b21-11-. The van der Waals surface area contributed by atoms with Gasteiger partial charge in [0.25, 0.3) is 5.91 Å². The molecular weight excluding hydrogens is 356 g/mol. The number of carbonyl (C=O) groups is 2. The van der Waals surface area contributed by atoms with E-state index in [2.05, 4.69) is 10.5 Å². The second-order valence-electron chi connectivity index (χ2n) is 5.78. The maximum absolute atomic E-state index is 12.0. The number of halogens is 1. The van der Waals surface area contributed by atoms with Crippen LogP contribution in [0.2, 0.25) is 5.02 Å². The topological polar surface area (TPSA) is 77.0 Å². The van der Waals surface area contributed by atoms with Crippen molar-refractivity contribution in [1.29, 1.82) is 0 Å². The van der Waals surface area contributed by atoms with Gasteiger partial charge in [-0.25, -0.2) is 5.43 Å². The van der Waals surface area contributed by atoms with E-state index in [-0.39, 0.29) is 11.9 Å². The van der Waals surface area contributed by atoms with E-state index in [0.29, 0.717) is 27.6 Å². The van der Waals surface area contributed by atoms with Crippen molar-refractivity contribution in [2.75, 3.05) is 7.11 Å². The van der Waals surface area contributed by atoms with Crippen LogP contribution in [0.25, 0.3) is 0 Å². The molecule has 1 amide bonds. The summed E-state index contributed by atoms with van der Waals surface area (Å²) in [5.74, 6) is 0.133. The van der Waals surface area contributed by atoms with E-state index in [0.717, 1.165) is 12.8 Å². The van der Waals surface area contributed by atoms with Crippen molar-refractivity contribution >= 4 is 29.7 Å². The SMILES string of the molecule is COc1cc(/C=N\NC(=O)c2ccccc2Cl)ccc1OC(=O)C1CC1. The van der Waals surface area contributed by atoms with Crippen molar-refractivity contribution in [3.8, 4) is 11.5 Å². The molecule has 1 aliphatic carbocycles. The number of hydrazone groups is 1. The average molecular weight is 373 g/mol. The van der Waals surface area contributed by atoms with E-state index in [4.69, 9.17) is 21.1 Å². The van der Waals surface area contributed by atoms with Crippen molar-refractivity contribution in [1.82, 2.24) is 5.43 Å². The van der Waals surface area contributed by atoms with Gasteiger partial charge in [0, 0.05) is 0 Å². The van der Waals surface area contributed by atoms with Gasteiger partial charge in [-0.15, -0.1) is 0 Å². The molecule has 1 N–H and O–H groups in total. The molecule has 0 saturated heterocycles. The fourth-order valence-electron chi connectivity index (χ4n) is 2.23. The molecule has 0 radical (unpaired) electrons.